The Hall–Kier alpha value is -2.30. The molecule has 1 aromatic carbocycles. The third-order valence-electron chi connectivity index (χ3n) is 3.38. The Balaban J connectivity index is 2.59. The van der Waals surface area contributed by atoms with Gasteiger partial charge in [-0.05, 0) is 37.1 Å². The molecule has 0 aliphatic rings. The summed E-state index contributed by atoms with van der Waals surface area (Å²) in [5.41, 5.74) is 3.93. The van der Waals surface area contributed by atoms with Gasteiger partial charge in [0.2, 0.25) is 0 Å². The molecule has 20 heavy (non-hydrogen) atoms. The van der Waals surface area contributed by atoms with E-state index in [9.17, 15) is 0 Å². The number of hydrogen-bond acceptors (Lipinski definition) is 5. The number of methoxy groups -OCH3 is 2. The van der Waals surface area contributed by atoms with E-state index in [0.29, 0.717) is 0 Å². The van der Waals surface area contributed by atoms with Gasteiger partial charge in [0.25, 0.3) is 0 Å². The van der Waals surface area contributed by atoms with Gasteiger partial charge >= 0.3 is 0 Å². The first kappa shape index (κ1) is 14.1. The van der Waals surface area contributed by atoms with Crippen molar-refractivity contribution < 1.29 is 9.47 Å². The van der Waals surface area contributed by atoms with Crippen molar-refractivity contribution in [2.45, 2.75) is 13.8 Å². The summed E-state index contributed by atoms with van der Waals surface area (Å²) in [5, 5.41) is 11.5. The fraction of sp³-hybridized carbons (Fsp3) is 0.333. The molecule has 1 heterocycles. The summed E-state index contributed by atoms with van der Waals surface area (Å²) in [4.78, 5) is 0. The van der Waals surface area contributed by atoms with Crippen LogP contribution >= 0.6 is 0 Å². The first-order valence-corrected chi connectivity index (χ1v) is 6.35. The van der Waals surface area contributed by atoms with Gasteiger partial charge in [0.1, 0.15) is 11.5 Å². The van der Waals surface area contributed by atoms with E-state index >= 15 is 0 Å². The Kier molecular flexibility index (Phi) is 4.08. The molecule has 0 amide bonds. The summed E-state index contributed by atoms with van der Waals surface area (Å²) in [6.45, 7) is 4.06. The molecule has 5 nitrogen and oxygen atoms in total. The summed E-state index contributed by atoms with van der Waals surface area (Å²) in [6, 6.07) is 5.69. The molecule has 1 aromatic heterocycles. The second-order valence-electron chi connectivity index (χ2n) is 4.50. The number of aromatic nitrogens is 2. The summed E-state index contributed by atoms with van der Waals surface area (Å²) in [7, 11) is 5.10. The molecule has 0 aliphatic carbocycles. The maximum atomic E-state index is 5.29. The molecule has 0 saturated heterocycles. The van der Waals surface area contributed by atoms with Crippen molar-refractivity contribution in [3.8, 4) is 22.8 Å². The van der Waals surface area contributed by atoms with E-state index < -0.39 is 0 Å². The zero-order valence-electron chi connectivity index (χ0n) is 12.4. The van der Waals surface area contributed by atoms with E-state index in [4.69, 9.17) is 9.47 Å². The highest BCUT2D eigenvalue weighted by molar-refractivity contribution is 5.69. The summed E-state index contributed by atoms with van der Waals surface area (Å²) in [6.07, 6.45) is 0. The highest BCUT2D eigenvalue weighted by Crippen LogP contribution is 2.31. The number of hydrogen-bond donors (Lipinski definition) is 1. The number of anilines is 1. The van der Waals surface area contributed by atoms with Gasteiger partial charge in [-0.1, -0.05) is 0 Å². The van der Waals surface area contributed by atoms with Gasteiger partial charge in [0.15, 0.2) is 5.82 Å². The molecule has 0 unspecified atom stereocenters. The molecule has 0 saturated carbocycles. The van der Waals surface area contributed by atoms with E-state index in [1.165, 1.54) is 0 Å². The van der Waals surface area contributed by atoms with E-state index in [1.807, 2.05) is 39.1 Å². The van der Waals surface area contributed by atoms with E-state index in [2.05, 4.69) is 15.5 Å². The van der Waals surface area contributed by atoms with Crippen LogP contribution in [0.4, 0.5) is 5.82 Å². The number of nitrogens with one attached hydrogen (secondary N) is 1. The highest BCUT2D eigenvalue weighted by atomic mass is 16.5. The van der Waals surface area contributed by atoms with Gasteiger partial charge in [0.05, 0.1) is 19.9 Å². The average Bonchev–Trinajstić information content (AvgIpc) is 2.49. The van der Waals surface area contributed by atoms with E-state index in [-0.39, 0.29) is 0 Å². The maximum absolute atomic E-state index is 5.29. The van der Waals surface area contributed by atoms with Crippen LogP contribution in [0.3, 0.4) is 0 Å². The molecule has 2 aromatic rings. The number of benzene rings is 1. The number of nitrogens with zero attached hydrogens (tertiary/aromatic N) is 2. The minimum Gasteiger partial charge on any atom is -0.497 e. The Morgan fingerprint density at radius 1 is 0.900 bits per heavy atom. The van der Waals surface area contributed by atoms with Gasteiger partial charge in [-0.25, -0.2) is 0 Å². The van der Waals surface area contributed by atoms with Gasteiger partial charge in [-0.3, -0.25) is 0 Å². The minimum absolute atomic E-state index is 0.732. The lowest BCUT2D eigenvalue weighted by atomic mass is 10.0. The zero-order chi connectivity index (χ0) is 14.7. The number of rotatable bonds is 4. The lowest BCUT2D eigenvalue weighted by molar-refractivity contribution is 0.394. The third-order valence-corrected chi connectivity index (χ3v) is 3.38. The zero-order valence-corrected chi connectivity index (χ0v) is 12.4. The molecule has 0 aliphatic heterocycles. The smallest absolute Gasteiger partial charge is 0.151 e. The van der Waals surface area contributed by atoms with Crippen LogP contribution < -0.4 is 14.8 Å². The molecule has 0 fully saturated rings. The lowest BCUT2D eigenvalue weighted by Gasteiger charge is -2.12. The normalized spacial score (nSPS) is 10.2. The largest absolute Gasteiger partial charge is 0.497 e. The van der Waals surface area contributed by atoms with Crippen molar-refractivity contribution in [1.29, 1.82) is 0 Å². The molecule has 0 radical (unpaired) electrons. The first-order chi connectivity index (χ1) is 9.60. The summed E-state index contributed by atoms with van der Waals surface area (Å²) < 4.78 is 10.6. The Morgan fingerprint density at radius 2 is 1.50 bits per heavy atom. The average molecular weight is 273 g/mol. The molecular weight excluding hydrogens is 254 g/mol. The fourth-order valence-corrected chi connectivity index (χ4v) is 2.06. The summed E-state index contributed by atoms with van der Waals surface area (Å²) in [5.74, 6) is 2.26. The van der Waals surface area contributed by atoms with Gasteiger partial charge in [-0.2, -0.15) is 0 Å². The monoisotopic (exact) mass is 273 g/mol. The van der Waals surface area contributed by atoms with E-state index in [1.54, 1.807) is 14.2 Å². The Labute approximate surface area is 118 Å². The van der Waals surface area contributed by atoms with Gasteiger partial charge in [0, 0.05) is 18.7 Å². The predicted octanol–water partition coefficient (Wildman–Crippen LogP) is 2.82. The van der Waals surface area contributed by atoms with Crippen molar-refractivity contribution >= 4 is 5.82 Å². The van der Waals surface area contributed by atoms with Crippen LogP contribution in [-0.4, -0.2) is 31.5 Å². The molecule has 0 bridgehead atoms. The van der Waals surface area contributed by atoms with Crippen molar-refractivity contribution in [3.63, 3.8) is 0 Å². The van der Waals surface area contributed by atoms with E-state index in [0.717, 1.165) is 39.7 Å². The number of ether oxygens (including phenoxy) is 2. The second kappa shape index (κ2) is 5.77. The quantitative estimate of drug-likeness (QED) is 0.928. The highest BCUT2D eigenvalue weighted by Gasteiger charge is 2.12. The molecule has 0 atom stereocenters. The molecule has 1 N–H and O–H groups in total. The molecule has 5 heteroatoms. The standard InChI is InChI=1S/C15H19N3O2/c1-9-10(2)15(16-3)18-17-14(9)11-6-12(19-4)8-13(7-11)20-5/h6-8H,1-5H3,(H,16,18). The molecular formula is C15H19N3O2. The van der Waals surface area contributed by atoms with Crippen LogP contribution in [0.2, 0.25) is 0 Å². The van der Waals surface area contributed by atoms with Crippen molar-refractivity contribution in [2.75, 3.05) is 26.6 Å². The van der Waals surface area contributed by atoms with Gasteiger partial charge < -0.3 is 14.8 Å². The van der Waals surface area contributed by atoms with Crippen LogP contribution in [0.5, 0.6) is 11.5 Å². The Bertz CT molecular complexity index is 605. The van der Waals surface area contributed by atoms with Crippen LogP contribution in [0.25, 0.3) is 11.3 Å². The minimum atomic E-state index is 0.732. The van der Waals surface area contributed by atoms with Crippen molar-refractivity contribution in [2.24, 2.45) is 0 Å². The SMILES string of the molecule is CNc1nnc(-c2cc(OC)cc(OC)c2)c(C)c1C. The Morgan fingerprint density at radius 3 is 2.00 bits per heavy atom. The molecule has 0 spiro atoms. The predicted molar refractivity (Wildman–Crippen MR) is 79.6 cm³/mol. The molecule has 2 rings (SSSR count). The van der Waals surface area contributed by atoms with Crippen molar-refractivity contribution in [1.82, 2.24) is 10.2 Å². The van der Waals surface area contributed by atoms with Crippen LogP contribution in [0.15, 0.2) is 18.2 Å². The maximum Gasteiger partial charge on any atom is 0.151 e. The van der Waals surface area contributed by atoms with Crippen LogP contribution in [-0.2, 0) is 0 Å². The topological polar surface area (TPSA) is 56.3 Å². The lowest BCUT2D eigenvalue weighted by Crippen LogP contribution is -2.03. The second-order valence-corrected chi connectivity index (χ2v) is 4.50. The summed E-state index contributed by atoms with van der Waals surface area (Å²) >= 11 is 0. The van der Waals surface area contributed by atoms with Crippen molar-refractivity contribution in [3.05, 3.63) is 29.3 Å². The first-order valence-electron chi connectivity index (χ1n) is 6.35. The van der Waals surface area contributed by atoms with Gasteiger partial charge in [-0.15, -0.1) is 10.2 Å². The van der Waals surface area contributed by atoms with Crippen LogP contribution in [0, 0.1) is 13.8 Å². The third kappa shape index (κ3) is 2.52. The molecule has 106 valence electrons. The fourth-order valence-electron chi connectivity index (χ4n) is 2.06. The van der Waals surface area contributed by atoms with Crippen LogP contribution in [0.1, 0.15) is 11.1 Å².